The van der Waals surface area contributed by atoms with Crippen LogP contribution in [0, 0.1) is 11.3 Å². The molecule has 1 aromatic heterocycles. The number of thiophene rings is 1. The molecule has 0 amide bonds. The molecule has 2 fully saturated rings. The van der Waals surface area contributed by atoms with Crippen LogP contribution >= 0.6 is 11.3 Å². The van der Waals surface area contributed by atoms with Crippen LogP contribution in [0.25, 0.3) is 0 Å². The van der Waals surface area contributed by atoms with E-state index in [0.29, 0.717) is 11.5 Å². The quantitative estimate of drug-likeness (QED) is 0.814. The second-order valence-electron chi connectivity index (χ2n) is 5.88. The van der Waals surface area contributed by atoms with Crippen LogP contribution in [-0.4, -0.2) is 6.54 Å². The highest BCUT2D eigenvalue weighted by Gasteiger charge is 2.36. The van der Waals surface area contributed by atoms with Crippen molar-refractivity contribution in [2.45, 2.75) is 45.1 Å². The normalized spacial score (nSPS) is 25.1. The third kappa shape index (κ3) is 2.18. The standard InChI is InChI=1S/C14H21NS/c1-14(7-3-8-14)10-15-13(11-5-6-11)12-4-2-9-16-12/h2,4,9,11,13,15H,3,5-8,10H2,1H3. The van der Waals surface area contributed by atoms with Gasteiger partial charge in [0.2, 0.25) is 0 Å². The molecule has 3 rings (SSSR count). The average Bonchev–Trinajstić information content (AvgIpc) is 2.92. The smallest absolute Gasteiger partial charge is 0.0443 e. The van der Waals surface area contributed by atoms with E-state index in [-0.39, 0.29) is 0 Å². The van der Waals surface area contributed by atoms with E-state index in [9.17, 15) is 0 Å². The fraction of sp³-hybridized carbons (Fsp3) is 0.714. The zero-order chi connectivity index (χ0) is 11.0. The second kappa shape index (κ2) is 4.15. The second-order valence-corrected chi connectivity index (χ2v) is 6.85. The summed E-state index contributed by atoms with van der Waals surface area (Å²) in [6.45, 7) is 3.65. The largest absolute Gasteiger partial charge is 0.308 e. The first-order chi connectivity index (χ1) is 7.77. The molecule has 0 radical (unpaired) electrons. The molecule has 2 heteroatoms. The predicted octanol–water partition coefficient (Wildman–Crippen LogP) is 3.98. The minimum Gasteiger partial charge on any atom is -0.308 e. The first-order valence-corrected chi connectivity index (χ1v) is 7.42. The highest BCUT2D eigenvalue weighted by Crippen LogP contribution is 2.44. The minimum atomic E-state index is 0.602. The van der Waals surface area contributed by atoms with Crippen LogP contribution in [0.2, 0.25) is 0 Å². The maximum atomic E-state index is 3.84. The summed E-state index contributed by atoms with van der Waals surface area (Å²) in [7, 11) is 0. The average molecular weight is 235 g/mol. The van der Waals surface area contributed by atoms with Gasteiger partial charge in [0.15, 0.2) is 0 Å². The van der Waals surface area contributed by atoms with Gasteiger partial charge in [0.25, 0.3) is 0 Å². The maximum absolute atomic E-state index is 3.84. The van der Waals surface area contributed by atoms with Crippen LogP contribution in [0.4, 0.5) is 0 Å². The van der Waals surface area contributed by atoms with Crippen molar-refractivity contribution < 1.29 is 0 Å². The van der Waals surface area contributed by atoms with Gasteiger partial charge in [-0.05, 0) is 48.5 Å². The van der Waals surface area contributed by atoms with E-state index in [0.717, 1.165) is 5.92 Å². The fourth-order valence-corrected chi connectivity index (χ4v) is 3.60. The molecular weight excluding hydrogens is 214 g/mol. The van der Waals surface area contributed by atoms with E-state index in [1.165, 1.54) is 38.6 Å². The monoisotopic (exact) mass is 235 g/mol. The molecule has 0 spiro atoms. The fourth-order valence-electron chi connectivity index (χ4n) is 2.71. The lowest BCUT2D eigenvalue weighted by Crippen LogP contribution is -2.39. The molecular formula is C14H21NS. The summed E-state index contributed by atoms with van der Waals surface area (Å²) >= 11 is 1.91. The Morgan fingerprint density at radius 1 is 1.50 bits per heavy atom. The maximum Gasteiger partial charge on any atom is 0.0443 e. The molecule has 1 unspecified atom stereocenters. The third-order valence-electron chi connectivity index (χ3n) is 4.25. The molecule has 1 N–H and O–H groups in total. The Bertz CT molecular complexity index is 336. The Labute approximate surface area is 102 Å². The van der Waals surface area contributed by atoms with E-state index in [1.807, 2.05) is 11.3 Å². The van der Waals surface area contributed by atoms with Gasteiger partial charge < -0.3 is 5.32 Å². The van der Waals surface area contributed by atoms with Gasteiger partial charge in [-0.1, -0.05) is 19.4 Å². The SMILES string of the molecule is CC1(CNC(c2cccs2)C2CC2)CCC1. The Kier molecular flexibility index (Phi) is 2.80. The van der Waals surface area contributed by atoms with Gasteiger partial charge in [-0.2, -0.15) is 0 Å². The zero-order valence-electron chi connectivity index (χ0n) is 10.0. The van der Waals surface area contributed by atoms with E-state index >= 15 is 0 Å². The van der Waals surface area contributed by atoms with Gasteiger partial charge in [0.1, 0.15) is 0 Å². The van der Waals surface area contributed by atoms with E-state index in [1.54, 1.807) is 4.88 Å². The summed E-state index contributed by atoms with van der Waals surface area (Å²) < 4.78 is 0. The van der Waals surface area contributed by atoms with Gasteiger partial charge in [-0.3, -0.25) is 0 Å². The van der Waals surface area contributed by atoms with Crippen LogP contribution in [0.1, 0.15) is 49.9 Å². The van der Waals surface area contributed by atoms with Crippen molar-refractivity contribution in [1.29, 1.82) is 0 Å². The number of hydrogen-bond acceptors (Lipinski definition) is 2. The summed E-state index contributed by atoms with van der Waals surface area (Å²) in [5.41, 5.74) is 0.602. The molecule has 1 atom stereocenters. The molecule has 0 aromatic carbocycles. The van der Waals surface area contributed by atoms with Gasteiger partial charge in [0.05, 0.1) is 0 Å². The number of hydrogen-bond donors (Lipinski definition) is 1. The Morgan fingerprint density at radius 2 is 2.31 bits per heavy atom. The molecule has 1 heterocycles. The summed E-state index contributed by atoms with van der Waals surface area (Å²) in [6, 6.07) is 5.13. The highest BCUT2D eigenvalue weighted by atomic mass is 32.1. The van der Waals surface area contributed by atoms with Crippen molar-refractivity contribution in [3.8, 4) is 0 Å². The van der Waals surface area contributed by atoms with Crippen molar-refractivity contribution in [3.63, 3.8) is 0 Å². The van der Waals surface area contributed by atoms with Crippen molar-refractivity contribution in [3.05, 3.63) is 22.4 Å². The van der Waals surface area contributed by atoms with E-state index in [4.69, 9.17) is 0 Å². The van der Waals surface area contributed by atoms with Gasteiger partial charge in [0, 0.05) is 17.5 Å². The lowest BCUT2D eigenvalue weighted by atomic mass is 9.70. The summed E-state index contributed by atoms with van der Waals surface area (Å²) in [5, 5.41) is 6.04. The van der Waals surface area contributed by atoms with Crippen LogP contribution in [0.15, 0.2) is 17.5 Å². The van der Waals surface area contributed by atoms with Crippen molar-refractivity contribution in [2.75, 3.05) is 6.54 Å². The zero-order valence-corrected chi connectivity index (χ0v) is 10.9. The first-order valence-electron chi connectivity index (χ1n) is 6.54. The van der Waals surface area contributed by atoms with Gasteiger partial charge in [-0.15, -0.1) is 11.3 Å². The number of nitrogens with one attached hydrogen (secondary N) is 1. The number of rotatable bonds is 5. The molecule has 16 heavy (non-hydrogen) atoms. The molecule has 1 nitrogen and oxygen atoms in total. The molecule has 2 saturated carbocycles. The van der Waals surface area contributed by atoms with E-state index in [2.05, 4.69) is 29.8 Å². The topological polar surface area (TPSA) is 12.0 Å². The summed E-state index contributed by atoms with van der Waals surface area (Å²) in [5.74, 6) is 0.919. The van der Waals surface area contributed by atoms with E-state index < -0.39 is 0 Å². The lowest BCUT2D eigenvalue weighted by molar-refractivity contribution is 0.149. The molecule has 0 bridgehead atoms. The Morgan fingerprint density at radius 3 is 2.81 bits per heavy atom. The van der Waals surface area contributed by atoms with Crippen LogP contribution < -0.4 is 5.32 Å². The first kappa shape index (κ1) is 10.8. The summed E-state index contributed by atoms with van der Waals surface area (Å²) in [4.78, 5) is 1.55. The molecule has 2 aliphatic rings. The predicted molar refractivity (Wildman–Crippen MR) is 69.7 cm³/mol. The van der Waals surface area contributed by atoms with Gasteiger partial charge >= 0.3 is 0 Å². The van der Waals surface area contributed by atoms with Crippen molar-refractivity contribution in [1.82, 2.24) is 5.32 Å². The van der Waals surface area contributed by atoms with Crippen molar-refractivity contribution >= 4 is 11.3 Å². The van der Waals surface area contributed by atoms with Crippen molar-refractivity contribution in [2.24, 2.45) is 11.3 Å². The molecule has 0 saturated heterocycles. The molecule has 2 aliphatic carbocycles. The minimum absolute atomic E-state index is 0.602. The van der Waals surface area contributed by atoms with Gasteiger partial charge in [-0.25, -0.2) is 0 Å². The Hall–Kier alpha value is -0.340. The van der Waals surface area contributed by atoms with Crippen LogP contribution in [0.3, 0.4) is 0 Å². The summed E-state index contributed by atoms with van der Waals surface area (Å²) in [6.07, 6.45) is 7.12. The molecule has 1 aromatic rings. The highest BCUT2D eigenvalue weighted by molar-refractivity contribution is 7.10. The van der Waals surface area contributed by atoms with Crippen LogP contribution in [-0.2, 0) is 0 Å². The third-order valence-corrected chi connectivity index (χ3v) is 5.21. The molecule has 0 aliphatic heterocycles. The van der Waals surface area contributed by atoms with Crippen LogP contribution in [0.5, 0.6) is 0 Å². The molecule has 88 valence electrons. The Balaban J connectivity index is 1.61. The lowest BCUT2D eigenvalue weighted by Gasteiger charge is -2.39.